The third kappa shape index (κ3) is 6.31. The first-order chi connectivity index (χ1) is 15.3. The monoisotopic (exact) mass is 416 g/mol. The zero-order chi connectivity index (χ0) is 21.3. The molecular formula is C27H32N2O2. The third-order valence-corrected chi connectivity index (χ3v) is 5.95. The molecule has 162 valence electrons. The number of amides is 1. The van der Waals surface area contributed by atoms with Crippen LogP contribution in [-0.4, -0.2) is 43.6 Å². The van der Waals surface area contributed by atoms with E-state index in [1.165, 1.54) is 37.9 Å². The van der Waals surface area contributed by atoms with Gasteiger partial charge in [-0.3, -0.25) is 4.79 Å². The quantitative estimate of drug-likeness (QED) is 0.495. The third-order valence-electron chi connectivity index (χ3n) is 5.95. The van der Waals surface area contributed by atoms with Crippen molar-refractivity contribution in [2.24, 2.45) is 0 Å². The first-order valence-electron chi connectivity index (χ1n) is 11.5. The number of ether oxygens (including phenoxy) is 1. The predicted octanol–water partition coefficient (Wildman–Crippen LogP) is 5.07. The zero-order valence-electron chi connectivity index (χ0n) is 18.2. The standard InChI is InChI=1S/C27H32N2O2/c30-27(28-15-14-22-8-3-1-4-9-22)25-11-10-24-21-26(13-12-23(24)20-25)31-19-7-18-29-16-5-2-6-17-29/h1,3-4,8-13,20-21H,2,5-7,14-19H2,(H,28,30). The van der Waals surface area contributed by atoms with Gasteiger partial charge in [0.25, 0.3) is 5.91 Å². The Kier molecular flexibility index (Phi) is 7.56. The van der Waals surface area contributed by atoms with Gasteiger partial charge in [0, 0.05) is 18.7 Å². The number of piperidine rings is 1. The molecule has 0 radical (unpaired) electrons. The second-order valence-electron chi connectivity index (χ2n) is 8.32. The van der Waals surface area contributed by atoms with E-state index in [1.807, 2.05) is 48.5 Å². The highest BCUT2D eigenvalue weighted by atomic mass is 16.5. The molecule has 1 fully saturated rings. The molecule has 1 heterocycles. The average Bonchev–Trinajstić information content (AvgIpc) is 2.83. The number of carbonyl (C=O) groups is 1. The molecule has 4 nitrogen and oxygen atoms in total. The fraction of sp³-hybridized carbons (Fsp3) is 0.370. The largest absolute Gasteiger partial charge is 0.494 e. The summed E-state index contributed by atoms with van der Waals surface area (Å²) in [6, 6.07) is 22.1. The number of hydrogen-bond acceptors (Lipinski definition) is 3. The Morgan fingerprint density at radius 3 is 2.52 bits per heavy atom. The van der Waals surface area contributed by atoms with E-state index in [0.717, 1.165) is 42.5 Å². The van der Waals surface area contributed by atoms with Crippen molar-refractivity contribution < 1.29 is 9.53 Å². The van der Waals surface area contributed by atoms with Gasteiger partial charge in [-0.25, -0.2) is 0 Å². The summed E-state index contributed by atoms with van der Waals surface area (Å²) in [5.74, 6) is 0.863. The van der Waals surface area contributed by atoms with Crippen molar-refractivity contribution in [3.63, 3.8) is 0 Å². The molecule has 4 heteroatoms. The summed E-state index contributed by atoms with van der Waals surface area (Å²) >= 11 is 0. The van der Waals surface area contributed by atoms with Gasteiger partial charge in [-0.05, 0) is 79.4 Å². The molecule has 0 bridgehead atoms. The van der Waals surface area contributed by atoms with Crippen molar-refractivity contribution in [1.82, 2.24) is 10.2 Å². The lowest BCUT2D eigenvalue weighted by Crippen LogP contribution is -2.31. The number of nitrogens with one attached hydrogen (secondary N) is 1. The molecular weight excluding hydrogens is 384 g/mol. The lowest BCUT2D eigenvalue weighted by atomic mass is 10.1. The topological polar surface area (TPSA) is 41.6 Å². The number of carbonyl (C=O) groups excluding carboxylic acids is 1. The van der Waals surface area contributed by atoms with Crippen LogP contribution in [0.5, 0.6) is 5.75 Å². The first-order valence-corrected chi connectivity index (χ1v) is 11.5. The number of nitrogens with zero attached hydrogens (tertiary/aromatic N) is 1. The van der Waals surface area contributed by atoms with Gasteiger partial charge in [-0.1, -0.05) is 48.9 Å². The van der Waals surface area contributed by atoms with E-state index in [-0.39, 0.29) is 5.91 Å². The van der Waals surface area contributed by atoms with Crippen LogP contribution in [0.2, 0.25) is 0 Å². The summed E-state index contributed by atoms with van der Waals surface area (Å²) in [7, 11) is 0. The Labute approximate surface area is 185 Å². The van der Waals surface area contributed by atoms with Crippen LogP contribution in [0.25, 0.3) is 10.8 Å². The van der Waals surface area contributed by atoms with Gasteiger partial charge < -0.3 is 15.0 Å². The van der Waals surface area contributed by atoms with Gasteiger partial charge in [-0.2, -0.15) is 0 Å². The summed E-state index contributed by atoms with van der Waals surface area (Å²) in [5.41, 5.74) is 1.92. The van der Waals surface area contributed by atoms with Crippen molar-refractivity contribution in [3.05, 3.63) is 77.9 Å². The zero-order valence-corrected chi connectivity index (χ0v) is 18.2. The molecule has 0 saturated carbocycles. The van der Waals surface area contributed by atoms with E-state index in [2.05, 4.69) is 28.4 Å². The van der Waals surface area contributed by atoms with Crippen molar-refractivity contribution in [2.75, 3.05) is 32.8 Å². The maximum atomic E-state index is 12.5. The molecule has 0 aliphatic carbocycles. The minimum Gasteiger partial charge on any atom is -0.494 e. The lowest BCUT2D eigenvalue weighted by molar-refractivity contribution is 0.0954. The Morgan fingerprint density at radius 1 is 0.903 bits per heavy atom. The number of rotatable bonds is 9. The number of likely N-dealkylation sites (tertiary alicyclic amines) is 1. The molecule has 1 amide bonds. The van der Waals surface area contributed by atoms with Gasteiger partial charge in [-0.15, -0.1) is 0 Å². The van der Waals surface area contributed by atoms with Crippen molar-refractivity contribution in [1.29, 1.82) is 0 Å². The van der Waals surface area contributed by atoms with Gasteiger partial charge in [0.1, 0.15) is 5.75 Å². The van der Waals surface area contributed by atoms with E-state index in [4.69, 9.17) is 4.74 Å². The normalized spacial score (nSPS) is 14.5. The van der Waals surface area contributed by atoms with E-state index >= 15 is 0 Å². The fourth-order valence-corrected chi connectivity index (χ4v) is 4.18. The summed E-state index contributed by atoms with van der Waals surface area (Å²) in [6.45, 7) is 4.96. The lowest BCUT2D eigenvalue weighted by Gasteiger charge is -2.26. The number of benzene rings is 3. The number of fused-ring (bicyclic) bond motifs is 1. The second-order valence-corrected chi connectivity index (χ2v) is 8.32. The Hall–Kier alpha value is -2.85. The second kappa shape index (κ2) is 11.0. The minimum atomic E-state index is -0.0316. The molecule has 1 N–H and O–H groups in total. The molecule has 1 saturated heterocycles. The molecule has 0 unspecified atom stereocenters. The molecule has 0 spiro atoms. The van der Waals surface area contributed by atoms with Gasteiger partial charge >= 0.3 is 0 Å². The van der Waals surface area contributed by atoms with Gasteiger partial charge in [0.15, 0.2) is 0 Å². The van der Waals surface area contributed by atoms with Gasteiger partial charge in [0.05, 0.1) is 6.61 Å². The Bertz CT molecular complexity index is 981. The number of hydrogen-bond donors (Lipinski definition) is 1. The van der Waals surface area contributed by atoms with Crippen LogP contribution in [0, 0.1) is 0 Å². The minimum absolute atomic E-state index is 0.0316. The smallest absolute Gasteiger partial charge is 0.251 e. The maximum absolute atomic E-state index is 12.5. The molecule has 1 aliphatic heterocycles. The summed E-state index contributed by atoms with van der Waals surface area (Å²) in [5, 5.41) is 5.16. The van der Waals surface area contributed by atoms with E-state index in [1.54, 1.807) is 0 Å². The summed E-state index contributed by atoms with van der Waals surface area (Å²) in [4.78, 5) is 15.1. The highest BCUT2D eigenvalue weighted by molar-refractivity contribution is 5.98. The molecule has 3 aromatic carbocycles. The van der Waals surface area contributed by atoms with Crippen LogP contribution >= 0.6 is 0 Å². The average molecular weight is 417 g/mol. The first kappa shape index (κ1) is 21.4. The maximum Gasteiger partial charge on any atom is 0.251 e. The highest BCUT2D eigenvalue weighted by Crippen LogP contribution is 2.22. The molecule has 0 atom stereocenters. The van der Waals surface area contributed by atoms with Crippen LogP contribution in [0.1, 0.15) is 41.6 Å². The van der Waals surface area contributed by atoms with Crippen molar-refractivity contribution in [2.45, 2.75) is 32.1 Å². The van der Waals surface area contributed by atoms with Crippen LogP contribution in [0.3, 0.4) is 0 Å². The molecule has 4 rings (SSSR count). The SMILES string of the molecule is O=C(NCCc1ccccc1)c1ccc2cc(OCCCN3CCCCC3)ccc2c1. The molecule has 3 aromatic rings. The Morgan fingerprint density at radius 2 is 1.68 bits per heavy atom. The van der Waals surface area contributed by atoms with Gasteiger partial charge in [0.2, 0.25) is 0 Å². The van der Waals surface area contributed by atoms with E-state index < -0.39 is 0 Å². The van der Waals surface area contributed by atoms with Crippen molar-refractivity contribution in [3.8, 4) is 5.75 Å². The molecule has 0 aromatic heterocycles. The van der Waals surface area contributed by atoms with Crippen LogP contribution < -0.4 is 10.1 Å². The predicted molar refractivity (Wildman–Crippen MR) is 127 cm³/mol. The van der Waals surface area contributed by atoms with Crippen LogP contribution in [-0.2, 0) is 6.42 Å². The Balaban J connectivity index is 1.26. The molecule has 31 heavy (non-hydrogen) atoms. The van der Waals surface area contributed by atoms with E-state index in [0.29, 0.717) is 12.1 Å². The van der Waals surface area contributed by atoms with Crippen molar-refractivity contribution >= 4 is 16.7 Å². The van der Waals surface area contributed by atoms with Crippen LogP contribution in [0.4, 0.5) is 0 Å². The van der Waals surface area contributed by atoms with E-state index in [9.17, 15) is 4.79 Å². The van der Waals surface area contributed by atoms with Crippen LogP contribution in [0.15, 0.2) is 66.7 Å². The summed E-state index contributed by atoms with van der Waals surface area (Å²) in [6.07, 6.45) is 5.93. The highest BCUT2D eigenvalue weighted by Gasteiger charge is 2.10. The molecule has 1 aliphatic rings. The summed E-state index contributed by atoms with van der Waals surface area (Å²) < 4.78 is 5.97. The fourth-order valence-electron chi connectivity index (χ4n) is 4.18.